The largest absolute Gasteiger partial charge is 0.454 e. The molecular formula is C4H7O2S. The van der Waals surface area contributed by atoms with Crippen molar-refractivity contribution in [2.75, 3.05) is 5.94 Å². The number of hydrogen-bond donors (Lipinski definition) is 0. The lowest BCUT2D eigenvalue weighted by Crippen LogP contribution is -1.98. The summed E-state index contributed by atoms with van der Waals surface area (Å²) in [6.45, 7) is 1.73. The maximum Gasteiger partial charge on any atom is 0.306 e. The Morgan fingerprint density at radius 3 is 2.57 bits per heavy atom. The van der Waals surface area contributed by atoms with Crippen molar-refractivity contribution >= 4 is 18.6 Å². The third-order valence-electron chi connectivity index (χ3n) is 0.509. The highest BCUT2D eigenvalue weighted by molar-refractivity contribution is 7.80. The van der Waals surface area contributed by atoms with Gasteiger partial charge in [-0.1, -0.05) is 6.92 Å². The smallest absolute Gasteiger partial charge is 0.306 e. The molecule has 0 spiro atoms. The molecule has 0 saturated carbocycles. The molecule has 2 nitrogen and oxygen atoms in total. The van der Waals surface area contributed by atoms with Crippen LogP contribution in [0.15, 0.2) is 0 Å². The molecule has 0 aliphatic rings. The first-order valence-corrected chi connectivity index (χ1v) is 2.62. The predicted octanol–water partition coefficient (Wildman–Crippen LogP) is 1.09. The second-order valence-corrected chi connectivity index (χ2v) is 1.22. The van der Waals surface area contributed by atoms with Gasteiger partial charge in [-0.2, -0.15) is 0 Å². The Morgan fingerprint density at radius 1 is 1.86 bits per heavy atom. The Kier molecular flexibility index (Phi) is 3.89. The van der Waals surface area contributed by atoms with E-state index in [0.29, 0.717) is 6.42 Å². The van der Waals surface area contributed by atoms with E-state index in [-0.39, 0.29) is 11.9 Å². The molecular weight excluding hydrogens is 112 g/mol. The van der Waals surface area contributed by atoms with Gasteiger partial charge < -0.3 is 4.74 Å². The molecule has 0 unspecified atom stereocenters. The molecule has 0 N–H and O–H groups in total. The Labute approximate surface area is 48.3 Å². The van der Waals surface area contributed by atoms with Gasteiger partial charge in [0, 0.05) is 6.42 Å². The Morgan fingerprint density at radius 2 is 2.43 bits per heavy atom. The van der Waals surface area contributed by atoms with Crippen molar-refractivity contribution in [2.24, 2.45) is 0 Å². The normalized spacial score (nSPS) is 8.29. The van der Waals surface area contributed by atoms with E-state index in [1.807, 2.05) is 0 Å². The van der Waals surface area contributed by atoms with Gasteiger partial charge in [0.2, 0.25) is 0 Å². The summed E-state index contributed by atoms with van der Waals surface area (Å²) < 4.78 is 4.37. The third-order valence-corrected chi connectivity index (χ3v) is 0.626. The van der Waals surface area contributed by atoms with E-state index in [1.165, 1.54) is 0 Å². The number of carbonyl (C=O) groups is 1. The van der Waals surface area contributed by atoms with Crippen LogP contribution in [0.25, 0.3) is 0 Å². The fraction of sp³-hybridized carbons (Fsp3) is 0.750. The van der Waals surface area contributed by atoms with Crippen molar-refractivity contribution in [1.29, 1.82) is 0 Å². The Bertz CT molecular complexity index is 62.7. The summed E-state index contributed by atoms with van der Waals surface area (Å²) in [5, 5.41) is 0. The number of carbonyl (C=O) groups excluding carboxylic acids is 1. The summed E-state index contributed by atoms with van der Waals surface area (Å²) >= 11 is 4.35. The van der Waals surface area contributed by atoms with Gasteiger partial charge in [-0.3, -0.25) is 4.79 Å². The van der Waals surface area contributed by atoms with E-state index in [9.17, 15) is 4.79 Å². The monoisotopic (exact) mass is 119 g/mol. The molecule has 0 fully saturated rings. The van der Waals surface area contributed by atoms with Crippen molar-refractivity contribution in [3.05, 3.63) is 0 Å². The highest BCUT2D eigenvalue weighted by atomic mass is 32.1. The fourth-order valence-corrected chi connectivity index (χ4v) is 0.299. The van der Waals surface area contributed by atoms with Crippen LogP contribution in [0.3, 0.4) is 0 Å². The first-order valence-electron chi connectivity index (χ1n) is 2.05. The maximum absolute atomic E-state index is 10.1. The third kappa shape index (κ3) is 3.66. The van der Waals surface area contributed by atoms with E-state index in [4.69, 9.17) is 0 Å². The molecule has 0 amide bonds. The number of hydrogen-bond acceptors (Lipinski definition) is 2. The van der Waals surface area contributed by atoms with Gasteiger partial charge in [0.15, 0.2) is 0 Å². The van der Waals surface area contributed by atoms with E-state index in [1.54, 1.807) is 6.92 Å². The zero-order chi connectivity index (χ0) is 5.70. The molecule has 0 rings (SSSR count). The van der Waals surface area contributed by atoms with Crippen LogP contribution in [0.2, 0.25) is 0 Å². The van der Waals surface area contributed by atoms with Crippen LogP contribution in [-0.2, 0) is 9.53 Å². The van der Waals surface area contributed by atoms with E-state index in [0.717, 1.165) is 0 Å². The van der Waals surface area contributed by atoms with Crippen molar-refractivity contribution in [3.63, 3.8) is 0 Å². The van der Waals surface area contributed by atoms with Crippen LogP contribution in [-0.4, -0.2) is 11.9 Å². The fourth-order valence-electron chi connectivity index (χ4n) is 0.168. The quantitative estimate of drug-likeness (QED) is 0.509. The minimum atomic E-state index is -0.227. The molecule has 0 aromatic rings. The lowest BCUT2D eigenvalue weighted by molar-refractivity contribution is -0.140. The number of ether oxygens (including phenoxy) is 1. The van der Waals surface area contributed by atoms with Gasteiger partial charge in [-0.25, -0.2) is 0 Å². The Balaban J connectivity index is 3.00. The second kappa shape index (κ2) is 3.99. The zero-order valence-electron chi connectivity index (χ0n) is 4.14. The molecule has 0 saturated heterocycles. The summed E-state index contributed by atoms with van der Waals surface area (Å²) in [5.74, 6) is -0.151. The van der Waals surface area contributed by atoms with Gasteiger partial charge >= 0.3 is 5.97 Å². The van der Waals surface area contributed by atoms with E-state index < -0.39 is 0 Å². The first kappa shape index (κ1) is 6.82. The minimum Gasteiger partial charge on any atom is -0.454 e. The summed E-state index contributed by atoms with van der Waals surface area (Å²) in [6.07, 6.45) is 0.413. The highest BCUT2D eigenvalue weighted by Gasteiger charge is 1.91. The lowest BCUT2D eigenvalue weighted by atomic mass is 10.5. The van der Waals surface area contributed by atoms with E-state index in [2.05, 4.69) is 17.4 Å². The summed E-state index contributed by atoms with van der Waals surface area (Å²) in [4.78, 5) is 10.1. The van der Waals surface area contributed by atoms with Crippen molar-refractivity contribution in [3.8, 4) is 0 Å². The molecule has 0 heterocycles. The van der Waals surface area contributed by atoms with Crippen LogP contribution in [0.4, 0.5) is 0 Å². The van der Waals surface area contributed by atoms with Crippen molar-refractivity contribution in [2.45, 2.75) is 13.3 Å². The highest BCUT2D eigenvalue weighted by Crippen LogP contribution is 1.83. The zero-order valence-corrected chi connectivity index (χ0v) is 4.96. The topological polar surface area (TPSA) is 26.3 Å². The minimum absolute atomic E-state index is 0.0761. The van der Waals surface area contributed by atoms with Gasteiger partial charge in [0.25, 0.3) is 0 Å². The van der Waals surface area contributed by atoms with Crippen molar-refractivity contribution in [1.82, 2.24) is 0 Å². The standard InChI is InChI=1S/C4H7O2S/c1-2-4(5)6-3-7/h2-3H2,1H3. The SMILES string of the molecule is CCC(=O)OC[S]. The van der Waals surface area contributed by atoms with Gasteiger partial charge in [0.05, 0.1) is 0 Å². The Hall–Kier alpha value is -0.180. The lowest BCUT2D eigenvalue weighted by Gasteiger charge is -1.92. The molecule has 0 atom stereocenters. The summed E-state index contributed by atoms with van der Waals surface area (Å²) in [5.41, 5.74) is 0. The van der Waals surface area contributed by atoms with Gasteiger partial charge in [0.1, 0.15) is 5.94 Å². The second-order valence-electron chi connectivity index (χ2n) is 0.988. The van der Waals surface area contributed by atoms with Crippen LogP contribution in [0, 0.1) is 0 Å². The number of rotatable bonds is 2. The molecule has 0 aromatic heterocycles. The van der Waals surface area contributed by atoms with Crippen LogP contribution < -0.4 is 0 Å². The predicted molar refractivity (Wildman–Crippen MR) is 28.8 cm³/mol. The molecule has 0 aliphatic carbocycles. The first-order chi connectivity index (χ1) is 3.31. The van der Waals surface area contributed by atoms with Gasteiger partial charge in [-0.15, -0.1) is 0 Å². The van der Waals surface area contributed by atoms with Crippen LogP contribution in [0.5, 0.6) is 0 Å². The number of esters is 1. The van der Waals surface area contributed by atoms with E-state index >= 15 is 0 Å². The molecule has 0 bridgehead atoms. The maximum atomic E-state index is 10.1. The molecule has 7 heavy (non-hydrogen) atoms. The van der Waals surface area contributed by atoms with Crippen molar-refractivity contribution < 1.29 is 9.53 Å². The molecule has 41 valence electrons. The average Bonchev–Trinajstić information content (AvgIpc) is 1.68. The van der Waals surface area contributed by atoms with Gasteiger partial charge in [-0.05, 0) is 12.6 Å². The van der Waals surface area contributed by atoms with Crippen LogP contribution >= 0.6 is 12.6 Å². The van der Waals surface area contributed by atoms with Crippen LogP contribution in [0.1, 0.15) is 13.3 Å². The average molecular weight is 119 g/mol. The summed E-state index contributed by atoms with van der Waals surface area (Å²) in [6, 6.07) is 0. The molecule has 0 aromatic carbocycles. The molecule has 3 heteroatoms. The summed E-state index contributed by atoms with van der Waals surface area (Å²) in [7, 11) is 0. The molecule has 0 aliphatic heterocycles. The molecule has 1 radical (unpaired) electrons.